The van der Waals surface area contributed by atoms with Crippen LogP contribution in [0.15, 0.2) is 0 Å². The number of halogens is 1. The molecule has 0 aliphatic carbocycles. The summed E-state index contributed by atoms with van der Waals surface area (Å²) in [6, 6.07) is 0. The van der Waals surface area contributed by atoms with Crippen LogP contribution < -0.4 is 5.73 Å². The van der Waals surface area contributed by atoms with E-state index >= 15 is 0 Å². The van der Waals surface area contributed by atoms with Gasteiger partial charge >= 0.3 is 0 Å². The number of carbonyl (C=O) groups excluding carboxylic acids is 1. The molecule has 0 aliphatic heterocycles. The average Bonchev–Trinajstić information content (AvgIpc) is 1.98. The van der Waals surface area contributed by atoms with Crippen LogP contribution in [0.25, 0.3) is 0 Å². The topological polar surface area (TPSA) is 46.3 Å². The van der Waals surface area contributed by atoms with E-state index in [9.17, 15) is 4.79 Å². The van der Waals surface area contributed by atoms with Crippen LogP contribution in [0.2, 0.25) is 0 Å². The first-order chi connectivity index (χ1) is 4.72. The van der Waals surface area contributed by atoms with Crippen LogP contribution in [-0.4, -0.2) is 30.9 Å². The van der Waals surface area contributed by atoms with Gasteiger partial charge in [-0.25, -0.2) is 0 Å². The van der Waals surface area contributed by atoms with Crippen molar-refractivity contribution in [2.75, 3.05) is 20.1 Å². The van der Waals surface area contributed by atoms with Crippen molar-refractivity contribution in [2.45, 2.75) is 19.8 Å². The van der Waals surface area contributed by atoms with Gasteiger partial charge in [0.1, 0.15) is 0 Å². The zero-order valence-electron chi connectivity index (χ0n) is 7.17. The Hall–Kier alpha value is -0.280. The molecule has 0 saturated heterocycles. The summed E-state index contributed by atoms with van der Waals surface area (Å²) >= 11 is 0. The average molecular weight is 181 g/mol. The van der Waals surface area contributed by atoms with Gasteiger partial charge in [0.15, 0.2) is 0 Å². The highest BCUT2D eigenvalue weighted by Gasteiger charge is 2.03. The second kappa shape index (κ2) is 7.82. The quantitative estimate of drug-likeness (QED) is 0.690. The summed E-state index contributed by atoms with van der Waals surface area (Å²) < 4.78 is 0. The Morgan fingerprint density at radius 3 is 2.45 bits per heavy atom. The number of amides is 1. The Morgan fingerprint density at radius 2 is 2.09 bits per heavy atom. The molecule has 4 heteroatoms. The van der Waals surface area contributed by atoms with Gasteiger partial charge in [-0.05, 0) is 6.42 Å². The summed E-state index contributed by atoms with van der Waals surface area (Å²) in [7, 11) is 1.78. The van der Waals surface area contributed by atoms with Gasteiger partial charge in [0.2, 0.25) is 5.91 Å². The van der Waals surface area contributed by atoms with E-state index in [0.717, 1.165) is 19.4 Å². The van der Waals surface area contributed by atoms with Gasteiger partial charge in [-0.2, -0.15) is 0 Å². The molecule has 3 nitrogen and oxygen atoms in total. The SMILES string of the molecule is CCCCN(C)C(=O)CN.Cl. The predicted molar refractivity (Wildman–Crippen MR) is 48.8 cm³/mol. The van der Waals surface area contributed by atoms with Crippen LogP contribution in [0, 0.1) is 0 Å². The first kappa shape index (κ1) is 13.3. The van der Waals surface area contributed by atoms with Crippen LogP contribution in [-0.2, 0) is 4.79 Å². The number of hydrogen-bond donors (Lipinski definition) is 1. The van der Waals surface area contributed by atoms with E-state index in [-0.39, 0.29) is 24.9 Å². The van der Waals surface area contributed by atoms with Crippen molar-refractivity contribution in [2.24, 2.45) is 5.73 Å². The molecule has 0 bridgehead atoms. The molecular weight excluding hydrogens is 164 g/mol. The number of likely N-dealkylation sites (N-methyl/N-ethyl adjacent to an activating group) is 1. The van der Waals surface area contributed by atoms with E-state index in [1.165, 1.54) is 0 Å². The highest BCUT2D eigenvalue weighted by molar-refractivity contribution is 5.85. The van der Waals surface area contributed by atoms with Crippen LogP contribution >= 0.6 is 12.4 Å². The molecule has 0 aromatic carbocycles. The summed E-state index contributed by atoms with van der Waals surface area (Å²) in [5.41, 5.74) is 5.15. The lowest BCUT2D eigenvalue weighted by atomic mass is 10.3. The lowest BCUT2D eigenvalue weighted by Crippen LogP contribution is -2.33. The predicted octanol–water partition coefficient (Wildman–Crippen LogP) is 0.625. The number of nitrogens with zero attached hydrogens (tertiary/aromatic N) is 1. The smallest absolute Gasteiger partial charge is 0.236 e. The lowest BCUT2D eigenvalue weighted by molar-refractivity contribution is -0.128. The molecule has 0 saturated carbocycles. The number of carbonyl (C=O) groups is 1. The summed E-state index contributed by atoms with van der Waals surface area (Å²) in [4.78, 5) is 12.5. The van der Waals surface area contributed by atoms with Gasteiger partial charge in [0.25, 0.3) is 0 Å². The molecule has 0 spiro atoms. The maximum absolute atomic E-state index is 10.8. The minimum atomic E-state index is 0. The third kappa shape index (κ3) is 6.13. The fourth-order valence-corrected chi connectivity index (χ4v) is 0.676. The molecule has 0 radical (unpaired) electrons. The second-order valence-electron chi connectivity index (χ2n) is 2.37. The van der Waals surface area contributed by atoms with Gasteiger partial charge in [-0.3, -0.25) is 4.79 Å². The summed E-state index contributed by atoms with van der Waals surface area (Å²) in [5.74, 6) is 0.0217. The van der Waals surface area contributed by atoms with Crippen LogP contribution in [0.4, 0.5) is 0 Å². The maximum atomic E-state index is 10.8. The zero-order valence-corrected chi connectivity index (χ0v) is 7.99. The molecule has 0 fully saturated rings. The number of rotatable bonds is 4. The standard InChI is InChI=1S/C7H16N2O.ClH/c1-3-4-5-9(2)7(10)6-8;/h3-6,8H2,1-2H3;1H. The van der Waals surface area contributed by atoms with E-state index < -0.39 is 0 Å². The van der Waals surface area contributed by atoms with E-state index in [4.69, 9.17) is 5.73 Å². The fraction of sp³-hybridized carbons (Fsp3) is 0.857. The molecule has 0 aromatic heterocycles. The Balaban J connectivity index is 0. The monoisotopic (exact) mass is 180 g/mol. The second-order valence-corrected chi connectivity index (χ2v) is 2.37. The molecule has 0 unspecified atom stereocenters. The van der Waals surface area contributed by atoms with Gasteiger partial charge in [0, 0.05) is 13.6 Å². The molecule has 0 heterocycles. The summed E-state index contributed by atoms with van der Waals surface area (Å²) in [6.45, 7) is 3.05. The normalized spacial score (nSPS) is 8.64. The van der Waals surface area contributed by atoms with Crippen LogP contribution in [0.5, 0.6) is 0 Å². The molecule has 0 rings (SSSR count). The molecule has 0 aromatic rings. The molecule has 0 atom stereocenters. The summed E-state index contributed by atoms with van der Waals surface area (Å²) in [5, 5.41) is 0. The third-order valence-electron chi connectivity index (χ3n) is 1.45. The summed E-state index contributed by atoms with van der Waals surface area (Å²) in [6.07, 6.45) is 2.17. The van der Waals surface area contributed by atoms with E-state index in [0.29, 0.717) is 0 Å². The number of hydrogen-bond acceptors (Lipinski definition) is 2. The highest BCUT2D eigenvalue weighted by atomic mass is 35.5. The van der Waals surface area contributed by atoms with E-state index in [1.54, 1.807) is 11.9 Å². The van der Waals surface area contributed by atoms with Crippen molar-refractivity contribution in [3.8, 4) is 0 Å². The first-order valence-corrected chi connectivity index (χ1v) is 3.66. The van der Waals surface area contributed by atoms with Crippen molar-refractivity contribution >= 4 is 18.3 Å². The molecule has 11 heavy (non-hydrogen) atoms. The maximum Gasteiger partial charge on any atom is 0.236 e. The number of nitrogens with two attached hydrogens (primary N) is 1. The fourth-order valence-electron chi connectivity index (χ4n) is 0.676. The zero-order chi connectivity index (χ0) is 7.98. The van der Waals surface area contributed by atoms with E-state index in [2.05, 4.69) is 6.92 Å². The molecule has 0 aliphatic rings. The lowest BCUT2D eigenvalue weighted by Gasteiger charge is -2.14. The minimum absolute atomic E-state index is 0. The largest absolute Gasteiger partial charge is 0.345 e. The minimum Gasteiger partial charge on any atom is -0.345 e. The van der Waals surface area contributed by atoms with Gasteiger partial charge < -0.3 is 10.6 Å². The van der Waals surface area contributed by atoms with Gasteiger partial charge in [-0.15, -0.1) is 12.4 Å². The highest BCUT2D eigenvalue weighted by Crippen LogP contribution is 1.90. The Bertz CT molecular complexity index is 109. The van der Waals surface area contributed by atoms with Gasteiger partial charge in [0.05, 0.1) is 6.54 Å². The van der Waals surface area contributed by atoms with Crippen molar-refractivity contribution < 1.29 is 4.79 Å². The molecule has 68 valence electrons. The Morgan fingerprint density at radius 1 is 1.55 bits per heavy atom. The van der Waals surface area contributed by atoms with Crippen LogP contribution in [0.3, 0.4) is 0 Å². The molecule has 1 amide bonds. The number of unbranched alkanes of at least 4 members (excludes halogenated alkanes) is 1. The van der Waals surface area contributed by atoms with Crippen molar-refractivity contribution in [3.05, 3.63) is 0 Å². The van der Waals surface area contributed by atoms with Crippen molar-refractivity contribution in [1.29, 1.82) is 0 Å². The Labute approximate surface area is 74.3 Å². The Kier molecular flexibility index (Phi) is 9.47. The van der Waals surface area contributed by atoms with Gasteiger partial charge in [-0.1, -0.05) is 13.3 Å². The molecular formula is C7H17ClN2O. The third-order valence-corrected chi connectivity index (χ3v) is 1.45. The van der Waals surface area contributed by atoms with Crippen molar-refractivity contribution in [1.82, 2.24) is 4.90 Å². The van der Waals surface area contributed by atoms with Crippen molar-refractivity contribution in [3.63, 3.8) is 0 Å². The first-order valence-electron chi connectivity index (χ1n) is 3.66. The van der Waals surface area contributed by atoms with Crippen LogP contribution in [0.1, 0.15) is 19.8 Å². The molecule has 2 N–H and O–H groups in total. The van der Waals surface area contributed by atoms with E-state index in [1.807, 2.05) is 0 Å².